The van der Waals surface area contributed by atoms with Crippen LogP contribution < -0.4 is 11.1 Å². The minimum Gasteiger partial charge on any atom is -0.354 e. The van der Waals surface area contributed by atoms with Crippen molar-refractivity contribution < 1.29 is 4.79 Å². The van der Waals surface area contributed by atoms with E-state index in [2.05, 4.69) is 19.2 Å². The molecule has 1 aliphatic rings. The van der Waals surface area contributed by atoms with E-state index in [-0.39, 0.29) is 29.8 Å². The van der Waals surface area contributed by atoms with Gasteiger partial charge in [-0.1, -0.05) is 13.8 Å². The highest BCUT2D eigenvalue weighted by Crippen LogP contribution is 2.22. The van der Waals surface area contributed by atoms with Crippen molar-refractivity contribution in [3.63, 3.8) is 0 Å². The Labute approximate surface area is 115 Å². The summed E-state index contributed by atoms with van der Waals surface area (Å²) in [5.41, 5.74) is 5.93. The highest BCUT2D eigenvalue weighted by atomic mass is 35.5. The molecule has 5 heteroatoms. The Hall–Kier alpha value is 0.0700. The first-order valence-electron chi connectivity index (χ1n) is 6.25. The predicted octanol–water partition coefficient (Wildman–Crippen LogP) is 2.19. The monoisotopic (exact) mass is 280 g/mol. The van der Waals surface area contributed by atoms with Gasteiger partial charge in [0.15, 0.2) is 0 Å². The Morgan fingerprint density at radius 3 is 2.35 bits per heavy atom. The molecular formula is C12H25ClN2OS. The van der Waals surface area contributed by atoms with Crippen LogP contribution in [0.5, 0.6) is 0 Å². The van der Waals surface area contributed by atoms with Crippen LogP contribution in [0, 0.1) is 5.92 Å². The first-order chi connectivity index (χ1) is 7.61. The third-order valence-electron chi connectivity index (χ3n) is 3.62. The Balaban J connectivity index is 0.00000256. The highest BCUT2D eigenvalue weighted by Gasteiger charge is 2.25. The lowest BCUT2D eigenvalue weighted by Gasteiger charge is -2.28. The van der Waals surface area contributed by atoms with Crippen molar-refractivity contribution in [2.24, 2.45) is 11.7 Å². The van der Waals surface area contributed by atoms with E-state index in [4.69, 9.17) is 5.73 Å². The number of nitrogens with one attached hydrogen (secondary N) is 1. The number of thioether (sulfide) groups is 1. The zero-order valence-corrected chi connectivity index (χ0v) is 12.5. The average molecular weight is 281 g/mol. The number of carbonyl (C=O) groups is 1. The summed E-state index contributed by atoms with van der Waals surface area (Å²) >= 11 is 1.94. The van der Waals surface area contributed by atoms with Crippen molar-refractivity contribution in [1.82, 2.24) is 5.32 Å². The SMILES string of the molecule is CCC(N)(CC)CNC(=O)C1CCSCC1.Cl. The first kappa shape index (κ1) is 17.1. The van der Waals surface area contributed by atoms with E-state index in [0.29, 0.717) is 6.54 Å². The van der Waals surface area contributed by atoms with Gasteiger partial charge in [-0.2, -0.15) is 11.8 Å². The van der Waals surface area contributed by atoms with Gasteiger partial charge in [-0.15, -0.1) is 12.4 Å². The van der Waals surface area contributed by atoms with Crippen LogP contribution >= 0.6 is 24.2 Å². The van der Waals surface area contributed by atoms with Crippen LogP contribution in [0.25, 0.3) is 0 Å². The van der Waals surface area contributed by atoms with Gasteiger partial charge in [-0.3, -0.25) is 4.79 Å². The van der Waals surface area contributed by atoms with Gasteiger partial charge in [0.1, 0.15) is 0 Å². The van der Waals surface area contributed by atoms with E-state index in [1.54, 1.807) is 0 Å². The Morgan fingerprint density at radius 2 is 1.88 bits per heavy atom. The van der Waals surface area contributed by atoms with Crippen LogP contribution in [-0.2, 0) is 4.79 Å². The van der Waals surface area contributed by atoms with E-state index in [9.17, 15) is 4.79 Å². The van der Waals surface area contributed by atoms with E-state index >= 15 is 0 Å². The summed E-state index contributed by atoms with van der Waals surface area (Å²) in [5, 5.41) is 3.02. The molecule has 0 atom stereocenters. The fraction of sp³-hybridized carbons (Fsp3) is 0.917. The average Bonchev–Trinajstić information content (AvgIpc) is 2.36. The lowest BCUT2D eigenvalue weighted by Crippen LogP contribution is -2.50. The van der Waals surface area contributed by atoms with Gasteiger partial charge >= 0.3 is 0 Å². The van der Waals surface area contributed by atoms with E-state index < -0.39 is 0 Å². The number of carbonyl (C=O) groups excluding carboxylic acids is 1. The maximum Gasteiger partial charge on any atom is 0.223 e. The molecule has 1 heterocycles. The largest absolute Gasteiger partial charge is 0.354 e. The first-order valence-corrected chi connectivity index (χ1v) is 7.41. The molecule has 102 valence electrons. The molecule has 0 saturated carbocycles. The van der Waals surface area contributed by atoms with Gasteiger partial charge in [0.05, 0.1) is 0 Å². The highest BCUT2D eigenvalue weighted by molar-refractivity contribution is 7.99. The van der Waals surface area contributed by atoms with Gasteiger partial charge in [-0.25, -0.2) is 0 Å². The molecule has 3 nitrogen and oxygen atoms in total. The Kier molecular flexibility index (Phi) is 8.25. The molecule has 0 aromatic rings. The maximum atomic E-state index is 11.9. The quantitative estimate of drug-likeness (QED) is 0.812. The molecular weight excluding hydrogens is 256 g/mol. The van der Waals surface area contributed by atoms with Crippen LogP contribution in [0.1, 0.15) is 39.5 Å². The van der Waals surface area contributed by atoms with Crippen molar-refractivity contribution >= 4 is 30.1 Å². The van der Waals surface area contributed by atoms with E-state index in [0.717, 1.165) is 37.2 Å². The van der Waals surface area contributed by atoms with Crippen LogP contribution in [0.4, 0.5) is 0 Å². The predicted molar refractivity (Wildman–Crippen MR) is 77.8 cm³/mol. The molecule has 0 aromatic carbocycles. The zero-order valence-electron chi connectivity index (χ0n) is 10.8. The second-order valence-corrected chi connectivity index (χ2v) is 5.90. The second kappa shape index (κ2) is 8.22. The molecule has 0 radical (unpaired) electrons. The van der Waals surface area contributed by atoms with Crippen molar-refractivity contribution in [3.05, 3.63) is 0 Å². The zero-order chi connectivity index (χ0) is 12.0. The van der Waals surface area contributed by atoms with Gasteiger partial charge in [-0.05, 0) is 37.2 Å². The van der Waals surface area contributed by atoms with Gasteiger partial charge < -0.3 is 11.1 Å². The minimum atomic E-state index is -0.223. The molecule has 1 rings (SSSR count). The van der Waals surface area contributed by atoms with Crippen LogP contribution in [0.3, 0.4) is 0 Å². The molecule has 1 aliphatic heterocycles. The van der Waals surface area contributed by atoms with Crippen molar-refractivity contribution in [2.75, 3.05) is 18.1 Å². The number of nitrogens with two attached hydrogens (primary N) is 1. The standard InChI is InChI=1S/C12H24N2OS.ClH/c1-3-12(13,4-2)9-14-11(15)10-5-7-16-8-6-10;/h10H,3-9,13H2,1-2H3,(H,14,15);1H. The van der Waals surface area contributed by atoms with E-state index in [1.165, 1.54) is 0 Å². The van der Waals surface area contributed by atoms with Crippen LogP contribution in [0.2, 0.25) is 0 Å². The summed E-state index contributed by atoms with van der Waals surface area (Å²) in [4.78, 5) is 11.9. The molecule has 0 spiro atoms. The molecule has 17 heavy (non-hydrogen) atoms. The topological polar surface area (TPSA) is 55.1 Å². The molecule has 1 fully saturated rings. The molecule has 0 aliphatic carbocycles. The lowest BCUT2D eigenvalue weighted by molar-refractivity contribution is -0.125. The molecule has 0 unspecified atom stereocenters. The third kappa shape index (κ3) is 5.49. The minimum absolute atomic E-state index is 0. The maximum absolute atomic E-state index is 11.9. The summed E-state index contributed by atoms with van der Waals surface area (Å²) in [6.45, 7) is 4.77. The smallest absolute Gasteiger partial charge is 0.223 e. The molecule has 0 bridgehead atoms. The summed E-state index contributed by atoms with van der Waals surface area (Å²) in [7, 11) is 0. The molecule has 0 aromatic heterocycles. The van der Waals surface area contributed by atoms with Gasteiger partial charge in [0.25, 0.3) is 0 Å². The van der Waals surface area contributed by atoms with Crippen LogP contribution in [-0.4, -0.2) is 29.5 Å². The van der Waals surface area contributed by atoms with Gasteiger partial charge in [0, 0.05) is 18.0 Å². The lowest BCUT2D eigenvalue weighted by atomic mass is 9.93. The number of halogens is 1. The van der Waals surface area contributed by atoms with Crippen molar-refractivity contribution in [1.29, 1.82) is 0 Å². The summed E-state index contributed by atoms with van der Waals surface area (Å²) in [5.74, 6) is 2.66. The number of hydrogen-bond donors (Lipinski definition) is 2. The van der Waals surface area contributed by atoms with Gasteiger partial charge in [0.2, 0.25) is 5.91 Å². The molecule has 1 saturated heterocycles. The molecule has 3 N–H and O–H groups in total. The fourth-order valence-corrected chi connectivity index (χ4v) is 2.97. The fourth-order valence-electron chi connectivity index (χ4n) is 1.87. The number of hydrogen-bond acceptors (Lipinski definition) is 3. The van der Waals surface area contributed by atoms with Crippen molar-refractivity contribution in [2.45, 2.75) is 45.1 Å². The van der Waals surface area contributed by atoms with Crippen molar-refractivity contribution in [3.8, 4) is 0 Å². The number of amides is 1. The number of rotatable bonds is 5. The second-order valence-electron chi connectivity index (χ2n) is 4.67. The summed E-state index contributed by atoms with van der Waals surface area (Å²) in [6, 6.07) is 0. The van der Waals surface area contributed by atoms with Crippen LogP contribution in [0.15, 0.2) is 0 Å². The Morgan fingerprint density at radius 1 is 1.35 bits per heavy atom. The van der Waals surface area contributed by atoms with E-state index in [1.807, 2.05) is 11.8 Å². The Bertz CT molecular complexity index is 229. The third-order valence-corrected chi connectivity index (χ3v) is 4.66. The summed E-state index contributed by atoms with van der Waals surface area (Å²) < 4.78 is 0. The normalized spacial score (nSPS) is 17.4. The molecule has 1 amide bonds. The summed E-state index contributed by atoms with van der Waals surface area (Å²) in [6.07, 6.45) is 3.85.